The lowest BCUT2D eigenvalue weighted by atomic mass is 10.2. The van der Waals surface area contributed by atoms with Crippen LogP contribution in [-0.2, 0) is 20.9 Å². The summed E-state index contributed by atoms with van der Waals surface area (Å²) in [4.78, 5) is 24.1. The summed E-state index contributed by atoms with van der Waals surface area (Å²) < 4.78 is 21.1. The van der Waals surface area contributed by atoms with Crippen LogP contribution in [0.25, 0.3) is 6.08 Å². The van der Waals surface area contributed by atoms with E-state index in [1.54, 1.807) is 18.2 Å². The number of hydrogen-bond donors (Lipinski definition) is 1. The van der Waals surface area contributed by atoms with Gasteiger partial charge in [-0.25, -0.2) is 4.79 Å². The van der Waals surface area contributed by atoms with Gasteiger partial charge in [-0.05, 0) is 55.3 Å². The second-order valence-electron chi connectivity index (χ2n) is 6.32. The van der Waals surface area contributed by atoms with Crippen LogP contribution < -0.4 is 19.5 Å². The minimum atomic E-state index is -0.915. The molecule has 0 aromatic heterocycles. The molecule has 1 amide bonds. The number of rotatable bonds is 8. The van der Waals surface area contributed by atoms with Crippen molar-refractivity contribution in [2.75, 3.05) is 13.4 Å². The van der Waals surface area contributed by atoms with Gasteiger partial charge in [0, 0.05) is 12.6 Å². The summed E-state index contributed by atoms with van der Waals surface area (Å²) in [6, 6.07) is 12.7. The van der Waals surface area contributed by atoms with Crippen LogP contribution >= 0.6 is 0 Å². The third kappa shape index (κ3) is 5.75. The number of carbonyl (C=O) groups is 2. The van der Waals surface area contributed by atoms with Gasteiger partial charge in [0.05, 0.1) is 6.61 Å². The molecule has 3 rings (SSSR count). The molecule has 152 valence electrons. The van der Waals surface area contributed by atoms with E-state index >= 15 is 0 Å². The van der Waals surface area contributed by atoms with Crippen molar-refractivity contribution in [2.45, 2.75) is 26.5 Å². The van der Waals surface area contributed by atoms with Crippen molar-refractivity contribution < 1.29 is 28.5 Å². The first-order valence-electron chi connectivity index (χ1n) is 9.33. The first kappa shape index (κ1) is 20.3. The Morgan fingerprint density at radius 3 is 2.66 bits per heavy atom. The second kappa shape index (κ2) is 9.64. The van der Waals surface area contributed by atoms with Crippen molar-refractivity contribution in [1.29, 1.82) is 0 Å². The average molecular weight is 397 g/mol. The molecule has 1 N–H and O–H groups in total. The lowest BCUT2D eigenvalue weighted by Gasteiger charge is -2.12. The van der Waals surface area contributed by atoms with Gasteiger partial charge in [0.15, 0.2) is 17.6 Å². The molecule has 1 aliphatic rings. The molecule has 0 bridgehead atoms. The number of hydrogen-bond acceptors (Lipinski definition) is 6. The van der Waals surface area contributed by atoms with Crippen LogP contribution in [0, 0.1) is 0 Å². The predicted octanol–water partition coefficient (Wildman–Crippen LogP) is 3.08. The molecule has 7 nitrogen and oxygen atoms in total. The highest BCUT2D eigenvalue weighted by Crippen LogP contribution is 2.32. The predicted molar refractivity (Wildman–Crippen MR) is 107 cm³/mol. The van der Waals surface area contributed by atoms with Crippen molar-refractivity contribution in [1.82, 2.24) is 5.32 Å². The number of benzene rings is 2. The molecule has 0 unspecified atom stereocenters. The van der Waals surface area contributed by atoms with E-state index in [4.69, 9.17) is 18.9 Å². The van der Waals surface area contributed by atoms with Crippen LogP contribution in [0.4, 0.5) is 0 Å². The summed E-state index contributed by atoms with van der Waals surface area (Å²) in [7, 11) is 0. The third-order valence-electron chi connectivity index (χ3n) is 4.17. The zero-order chi connectivity index (χ0) is 20.6. The van der Waals surface area contributed by atoms with E-state index in [2.05, 4.69) is 5.32 Å². The van der Waals surface area contributed by atoms with Gasteiger partial charge in [0.25, 0.3) is 5.91 Å². The standard InChI is InChI=1S/C22H23NO6/c1-3-26-18-8-4-16(5-9-18)7-11-21(24)29-15(2)22(25)23-13-17-6-10-19-20(12-17)28-14-27-19/h4-12,15H,3,13-14H2,1-2H3,(H,23,25)/b11-7+/t15-/m0/s1. The number of fused-ring (bicyclic) bond motifs is 1. The van der Waals surface area contributed by atoms with Crippen molar-refractivity contribution in [2.24, 2.45) is 0 Å². The molecule has 0 fully saturated rings. The molecule has 1 aliphatic heterocycles. The average Bonchev–Trinajstić information content (AvgIpc) is 3.19. The fraction of sp³-hybridized carbons (Fsp3) is 0.273. The molecule has 29 heavy (non-hydrogen) atoms. The molecule has 2 aromatic rings. The van der Waals surface area contributed by atoms with Gasteiger partial charge >= 0.3 is 5.97 Å². The molecule has 1 atom stereocenters. The summed E-state index contributed by atoms with van der Waals surface area (Å²) in [5.74, 6) is 1.12. The Hall–Kier alpha value is -3.48. The minimum Gasteiger partial charge on any atom is -0.494 e. The first-order valence-corrected chi connectivity index (χ1v) is 9.33. The zero-order valence-corrected chi connectivity index (χ0v) is 16.3. The Kier molecular flexibility index (Phi) is 6.73. The largest absolute Gasteiger partial charge is 0.494 e. The summed E-state index contributed by atoms with van der Waals surface area (Å²) in [5.41, 5.74) is 1.68. The Morgan fingerprint density at radius 1 is 1.14 bits per heavy atom. The summed E-state index contributed by atoms with van der Waals surface area (Å²) >= 11 is 0. The number of carbonyl (C=O) groups excluding carboxylic acids is 2. The SMILES string of the molecule is CCOc1ccc(/C=C/C(=O)O[C@@H](C)C(=O)NCc2ccc3c(c2)OCO3)cc1. The lowest BCUT2D eigenvalue weighted by Crippen LogP contribution is -2.35. The molecular formula is C22H23NO6. The Bertz CT molecular complexity index is 891. The molecule has 7 heteroatoms. The van der Waals surface area contributed by atoms with Crippen LogP contribution in [0.1, 0.15) is 25.0 Å². The number of ether oxygens (including phenoxy) is 4. The summed E-state index contributed by atoms with van der Waals surface area (Å²) in [6.07, 6.45) is 1.99. The van der Waals surface area contributed by atoms with E-state index in [9.17, 15) is 9.59 Å². The van der Waals surface area contributed by atoms with E-state index in [0.717, 1.165) is 16.9 Å². The maximum absolute atomic E-state index is 12.2. The van der Waals surface area contributed by atoms with Crippen LogP contribution in [0.3, 0.4) is 0 Å². The second-order valence-corrected chi connectivity index (χ2v) is 6.32. The van der Waals surface area contributed by atoms with Gasteiger partial charge in [-0.1, -0.05) is 18.2 Å². The molecular weight excluding hydrogens is 374 g/mol. The third-order valence-corrected chi connectivity index (χ3v) is 4.17. The fourth-order valence-electron chi connectivity index (χ4n) is 2.66. The maximum atomic E-state index is 12.2. The number of amides is 1. The number of esters is 1. The maximum Gasteiger partial charge on any atom is 0.331 e. The Morgan fingerprint density at radius 2 is 1.90 bits per heavy atom. The lowest BCUT2D eigenvalue weighted by molar-refractivity contribution is -0.150. The van der Waals surface area contributed by atoms with Gasteiger partial charge in [-0.2, -0.15) is 0 Å². The fourth-order valence-corrected chi connectivity index (χ4v) is 2.66. The van der Waals surface area contributed by atoms with Gasteiger partial charge in [0.1, 0.15) is 5.75 Å². The molecule has 0 spiro atoms. The molecule has 0 radical (unpaired) electrons. The molecule has 0 saturated carbocycles. The van der Waals surface area contributed by atoms with Gasteiger partial charge < -0.3 is 24.3 Å². The van der Waals surface area contributed by atoms with Gasteiger partial charge in [-0.15, -0.1) is 0 Å². The van der Waals surface area contributed by atoms with Crippen molar-refractivity contribution in [3.63, 3.8) is 0 Å². The van der Waals surface area contributed by atoms with Crippen molar-refractivity contribution in [3.8, 4) is 17.2 Å². The smallest absolute Gasteiger partial charge is 0.331 e. The van der Waals surface area contributed by atoms with E-state index in [1.807, 2.05) is 37.3 Å². The molecule has 1 heterocycles. The topological polar surface area (TPSA) is 83.1 Å². The highest BCUT2D eigenvalue weighted by atomic mass is 16.7. The quantitative estimate of drug-likeness (QED) is 0.545. The highest BCUT2D eigenvalue weighted by Gasteiger charge is 2.17. The Balaban J connectivity index is 1.45. The summed E-state index contributed by atoms with van der Waals surface area (Å²) in [5, 5.41) is 2.74. The summed E-state index contributed by atoms with van der Waals surface area (Å²) in [6.45, 7) is 4.52. The number of nitrogens with one attached hydrogen (secondary N) is 1. The van der Waals surface area contributed by atoms with E-state index in [1.165, 1.54) is 13.0 Å². The van der Waals surface area contributed by atoms with Gasteiger partial charge in [-0.3, -0.25) is 4.79 Å². The van der Waals surface area contributed by atoms with Crippen molar-refractivity contribution >= 4 is 18.0 Å². The Labute approximate surface area is 169 Å². The zero-order valence-electron chi connectivity index (χ0n) is 16.3. The highest BCUT2D eigenvalue weighted by molar-refractivity contribution is 5.90. The minimum absolute atomic E-state index is 0.197. The van der Waals surface area contributed by atoms with Crippen LogP contribution in [0.2, 0.25) is 0 Å². The molecule has 0 aliphatic carbocycles. The van der Waals surface area contributed by atoms with E-state index in [-0.39, 0.29) is 12.7 Å². The molecule has 2 aromatic carbocycles. The van der Waals surface area contributed by atoms with Crippen LogP contribution in [0.15, 0.2) is 48.5 Å². The van der Waals surface area contributed by atoms with E-state index in [0.29, 0.717) is 24.7 Å². The first-order chi connectivity index (χ1) is 14.0. The molecule has 0 saturated heterocycles. The monoisotopic (exact) mass is 397 g/mol. The van der Waals surface area contributed by atoms with E-state index < -0.39 is 12.1 Å². The van der Waals surface area contributed by atoms with Crippen LogP contribution in [-0.4, -0.2) is 31.4 Å². The van der Waals surface area contributed by atoms with Crippen molar-refractivity contribution in [3.05, 3.63) is 59.7 Å². The van der Waals surface area contributed by atoms with Gasteiger partial charge in [0.2, 0.25) is 6.79 Å². The normalized spacial score (nSPS) is 13.2. The van der Waals surface area contributed by atoms with Crippen LogP contribution in [0.5, 0.6) is 17.2 Å².